The van der Waals surface area contributed by atoms with E-state index < -0.39 is 6.04 Å². The van der Waals surface area contributed by atoms with Gasteiger partial charge in [-0.3, -0.25) is 14.2 Å². The highest BCUT2D eigenvalue weighted by molar-refractivity contribution is 6.37. The number of carbonyl (C=O) groups excluding carboxylic acids is 1. The molecule has 0 radical (unpaired) electrons. The predicted octanol–water partition coefficient (Wildman–Crippen LogP) is 4.22. The van der Waals surface area contributed by atoms with Crippen LogP contribution in [0.3, 0.4) is 0 Å². The number of hydrogen-bond donors (Lipinski definition) is 1. The normalized spacial score (nSPS) is 12.3. The van der Waals surface area contributed by atoms with Gasteiger partial charge < -0.3 is 5.32 Å². The highest BCUT2D eigenvalue weighted by Gasteiger charge is 2.24. The standard InChI is InChI=1S/C20H29Cl2N5O3/c1-7-9-25(30-6)19(28)16(8-2)23-17-11-18(15(22)10-14(17)21)27-20(29)26(12(3)4)13(5)24-27/h10-12,16,23H,7-9H2,1-6H3. The van der Waals surface area contributed by atoms with Crippen LogP contribution in [0.1, 0.15) is 52.4 Å². The molecule has 0 spiro atoms. The Bertz CT molecular complexity index is 955. The van der Waals surface area contributed by atoms with Crippen LogP contribution in [0.25, 0.3) is 5.69 Å². The summed E-state index contributed by atoms with van der Waals surface area (Å²) in [7, 11) is 1.47. The van der Waals surface area contributed by atoms with E-state index in [1.54, 1.807) is 17.6 Å². The molecule has 2 rings (SSSR count). The van der Waals surface area contributed by atoms with Crippen LogP contribution in [0.5, 0.6) is 0 Å². The van der Waals surface area contributed by atoms with E-state index in [-0.39, 0.29) is 22.7 Å². The van der Waals surface area contributed by atoms with E-state index >= 15 is 0 Å². The van der Waals surface area contributed by atoms with Crippen molar-refractivity contribution in [1.29, 1.82) is 0 Å². The van der Waals surface area contributed by atoms with E-state index in [1.165, 1.54) is 22.9 Å². The lowest BCUT2D eigenvalue weighted by Gasteiger charge is -2.26. The molecule has 10 heteroatoms. The number of nitrogens with one attached hydrogen (secondary N) is 1. The Morgan fingerprint density at radius 3 is 2.43 bits per heavy atom. The first-order chi connectivity index (χ1) is 14.2. The molecule has 1 aromatic carbocycles. The zero-order valence-electron chi connectivity index (χ0n) is 18.2. The third-order valence-electron chi connectivity index (χ3n) is 4.69. The third kappa shape index (κ3) is 4.99. The van der Waals surface area contributed by atoms with Gasteiger partial charge in [0.1, 0.15) is 11.9 Å². The van der Waals surface area contributed by atoms with Crippen molar-refractivity contribution >= 4 is 34.8 Å². The van der Waals surface area contributed by atoms with Crippen molar-refractivity contribution < 1.29 is 9.63 Å². The summed E-state index contributed by atoms with van der Waals surface area (Å²) in [6.07, 6.45) is 1.28. The zero-order valence-corrected chi connectivity index (χ0v) is 19.7. The van der Waals surface area contributed by atoms with E-state index in [1.807, 2.05) is 27.7 Å². The van der Waals surface area contributed by atoms with Gasteiger partial charge in [0.15, 0.2) is 0 Å². The van der Waals surface area contributed by atoms with Gasteiger partial charge in [0.05, 0.1) is 28.5 Å². The molecule has 1 N–H and O–H groups in total. The lowest BCUT2D eigenvalue weighted by Crippen LogP contribution is -2.42. The summed E-state index contributed by atoms with van der Waals surface area (Å²) in [4.78, 5) is 30.9. The fourth-order valence-corrected chi connectivity index (χ4v) is 3.75. The molecule has 1 atom stereocenters. The molecule has 0 aliphatic rings. The van der Waals surface area contributed by atoms with Gasteiger partial charge in [0.25, 0.3) is 5.91 Å². The molecule has 2 aromatic rings. The van der Waals surface area contributed by atoms with Gasteiger partial charge in [0.2, 0.25) is 0 Å². The van der Waals surface area contributed by atoms with Crippen LogP contribution in [0.15, 0.2) is 16.9 Å². The molecule has 30 heavy (non-hydrogen) atoms. The van der Waals surface area contributed by atoms with Crippen molar-refractivity contribution in [3.05, 3.63) is 38.5 Å². The number of hydroxylamine groups is 2. The molecule has 0 aliphatic carbocycles. The molecule has 0 saturated heterocycles. The van der Waals surface area contributed by atoms with E-state index in [4.69, 9.17) is 28.0 Å². The Balaban J connectivity index is 2.46. The van der Waals surface area contributed by atoms with E-state index in [2.05, 4.69) is 10.4 Å². The second-order valence-electron chi connectivity index (χ2n) is 7.22. The molecule has 1 amide bonds. The van der Waals surface area contributed by atoms with Gasteiger partial charge in [-0.1, -0.05) is 37.0 Å². The largest absolute Gasteiger partial charge is 0.372 e. The Morgan fingerprint density at radius 1 is 1.27 bits per heavy atom. The van der Waals surface area contributed by atoms with Crippen LogP contribution < -0.4 is 11.0 Å². The monoisotopic (exact) mass is 457 g/mol. The molecule has 1 aromatic heterocycles. The van der Waals surface area contributed by atoms with Crippen molar-refractivity contribution in [3.63, 3.8) is 0 Å². The Hall–Kier alpha value is -2.03. The number of aromatic nitrogens is 3. The molecule has 0 fully saturated rings. The van der Waals surface area contributed by atoms with Gasteiger partial charge >= 0.3 is 5.69 Å². The minimum absolute atomic E-state index is 0.0457. The average molecular weight is 458 g/mol. The molecule has 0 bridgehead atoms. The topological polar surface area (TPSA) is 81.4 Å². The molecule has 8 nitrogen and oxygen atoms in total. The maximum atomic E-state index is 12.8. The number of halogens is 2. The van der Waals surface area contributed by atoms with Crippen LogP contribution in [-0.2, 0) is 9.63 Å². The molecular weight excluding hydrogens is 429 g/mol. The number of hydrogen-bond acceptors (Lipinski definition) is 5. The lowest BCUT2D eigenvalue weighted by atomic mass is 10.1. The minimum Gasteiger partial charge on any atom is -0.372 e. The first-order valence-corrected chi connectivity index (χ1v) is 10.7. The molecule has 166 valence electrons. The smallest absolute Gasteiger partial charge is 0.351 e. The van der Waals surface area contributed by atoms with Gasteiger partial charge in [0, 0.05) is 12.6 Å². The van der Waals surface area contributed by atoms with Crippen molar-refractivity contribution in [1.82, 2.24) is 19.4 Å². The van der Waals surface area contributed by atoms with Crippen molar-refractivity contribution in [2.75, 3.05) is 19.0 Å². The van der Waals surface area contributed by atoms with Crippen LogP contribution in [0.4, 0.5) is 5.69 Å². The Morgan fingerprint density at radius 2 is 1.93 bits per heavy atom. The quantitative estimate of drug-likeness (QED) is 0.569. The third-order valence-corrected chi connectivity index (χ3v) is 5.31. The lowest BCUT2D eigenvalue weighted by molar-refractivity contribution is -0.177. The number of amides is 1. The zero-order chi connectivity index (χ0) is 22.6. The highest BCUT2D eigenvalue weighted by Crippen LogP contribution is 2.32. The number of benzene rings is 1. The number of anilines is 1. The first kappa shape index (κ1) is 24.2. The van der Waals surface area contributed by atoms with Crippen LogP contribution >= 0.6 is 23.2 Å². The summed E-state index contributed by atoms with van der Waals surface area (Å²) in [5.41, 5.74) is 0.567. The maximum absolute atomic E-state index is 12.8. The van der Waals surface area contributed by atoms with Crippen molar-refractivity contribution in [2.45, 2.75) is 59.5 Å². The second-order valence-corrected chi connectivity index (χ2v) is 8.03. The molecule has 1 unspecified atom stereocenters. The fourth-order valence-electron chi connectivity index (χ4n) is 3.23. The maximum Gasteiger partial charge on any atom is 0.351 e. The minimum atomic E-state index is -0.560. The van der Waals surface area contributed by atoms with Crippen molar-refractivity contribution in [3.8, 4) is 5.69 Å². The SMILES string of the molecule is CCCN(OC)C(=O)C(CC)Nc1cc(-n2nc(C)n(C(C)C)c2=O)c(Cl)cc1Cl. The molecular formula is C20H29Cl2N5O3. The van der Waals surface area contributed by atoms with Crippen LogP contribution in [0, 0.1) is 6.92 Å². The molecule has 1 heterocycles. The second kappa shape index (κ2) is 10.3. The number of carbonyl (C=O) groups is 1. The Labute approximate surface area is 186 Å². The molecule has 0 aliphatic heterocycles. The highest BCUT2D eigenvalue weighted by atomic mass is 35.5. The Kier molecular flexibility index (Phi) is 8.34. The summed E-state index contributed by atoms with van der Waals surface area (Å²) in [5.74, 6) is 0.374. The average Bonchev–Trinajstić information content (AvgIpc) is 2.99. The van der Waals surface area contributed by atoms with E-state index in [0.29, 0.717) is 35.2 Å². The number of nitrogens with zero attached hydrogens (tertiary/aromatic N) is 4. The number of aryl methyl sites for hydroxylation is 1. The summed E-state index contributed by atoms with van der Waals surface area (Å²) >= 11 is 12.8. The van der Waals surface area contributed by atoms with E-state index in [0.717, 1.165) is 6.42 Å². The molecule has 0 saturated carbocycles. The fraction of sp³-hybridized carbons (Fsp3) is 0.550. The summed E-state index contributed by atoms with van der Waals surface area (Å²) in [5, 5.41) is 9.45. The number of rotatable bonds is 9. The van der Waals surface area contributed by atoms with E-state index in [9.17, 15) is 9.59 Å². The van der Waals surface area contributed by atoms with Gasteiger partial charge in [-0.25, -0.2) is 9.86 Å². The predicted molar refractivity (Wildman–Crippen MR) is 120 cm³/mol. The van der Waals surface area contributed by atoms with Crippen molar-refractivity contribution in [2.24, 2.45) is 0 Å². The van der Waals surface area contributed by atoms with Crippen LogP contribution in [-0.4, -0.2) is 45.0 Å². The van der Waals surface area contributed by atoms with Gasteiger partial charge in [-0.15, -0.1) is 0 Å². The summed E-state index contributed by atoms with van der Waals surface area (Å²) < 4.78 is 2.83. The van der Waals surface area contributed by atoms with Crippen LogP contribution in [0.2, 0.25) is 10.0 Å². The summed E-state index contributed by atoms with van der Waals surface area (Å²) in [6, 6.07) is 2.56. The first-order valence-electron chi connectivity index (χ1n) is 9.95. The van der Waals surface area contributed by atoms with Gasteiger partial charge in [-0.05, 0) is 45.7 Å². The summed E-state index contributed by atoms with van der Waals surface area (Å²) in [6.45, 7) is 9.91. The van der Waals surface area contributed by atoms with Gasteiger partial charge in [-0.2, -0.15) is 9.78 Å².